The predicted molar refractivity (Wildman–Crippen MR) is 53.8 cm³/mol. The van der Waals surface area contributed by atoms with E-state index in [0.717, 1.165) is 12.8 Å². The lowest BCUT2D eigenvalue weighted by atomic mass is 10.1. The molecule has 1 heterocycles. The van der Waals surface area contributed by atoms with Crippen molar-refractivity contribution in [3.8, 4) is 0 Å². The molecular formula is C9H15NO4S. The summed E-state index contributed by atoms with van der Waals surface area (Å²) in [7, 11) is -3.19. The van der Waals surface area contributed by atoms with E-state index in [-0.39, 0.29) is 12.3 Å². The SMILES string of the molecule is O=C(O)C1CCN(S(=O)(=O)CC2CC2)C1. The van der Waals surface area contributed by atoms with E-state index in [1.54, 1.807) is 0 Å². The first kappa shape index (κ1) is 10.9. The zero-order chi connectivity index (χ0) is 11.1. The van der Waals surface area contributed by atoms with Crippen LogP contribution in [0.1, 0.15) is 19.3 Å². The Balaban J connectivity index is 1.96. The van der Waals surface area contributed by atoms with Gasteiger partial charge in [-0.25, -0.2) is 12.7 Å². The number of aliphatic carboxylic acids is 1. The van der Waals surface area contributed by atoms with Crippen molar-refractivity contribution in [3.63, 3.8) is 0 Å². The Morgan fingerprint density at radius 3 is 2.47 bits per heavy atom. The monoisotopic (exact) mass is 233 g/mol. The second-order valence-corrected chi connectivity index (χ2v) is 6.42. The maximum Gasteiger partial charge on any atom is 0.307 e. The Morgan fingerprint density at radius 1 is 1.33 bits per heavy atom. The number of hydrogen-bond acceptors (Lipinski definition) is 3. The van der Waals surface area contributed by atoms with Crippen LogP contribution < -0.4 is 0 Å². The number of carbonyl (C=O) groups is 1. The minimum atomic E-state index is -3.19. The van der Waals surface area contributed by atoms with Gasteiger partial charge in [-0.1, -0.05) is 0 Å². The maximum absolute atomic E-state index is 11.8. The van der Waals surface area contributed by atoms with Gasteiger partial charge >= 0.3 is 5.97 Å². The van der Waals surface area contributed by atoms with Crippen LogP contribution in [-0.2, 0) is 14.8 Å². The molecule has 1 unspecified atom stereocenters. The van der Waals surface area contributed by atoms with Crippen molar-refractivity contribution in [2.45, 2.75) is 19.3 Å². The van der Waals surface area contributed by atoms with Crippen LogP contribution in [0.5, 0.6) is 0 Å². The topological polar surface area (TPSA) is 74.7 Å². The molecule has 5 nitrogen and oxygen atoms in total. The third-order valence-corrected chi connectivity index (χ3v) is 5.05. The van der Waals surface area contributed by atoms with Crippen LogP contribution in [0.2, 0.25) is 0 Å². The highest BCUT2D eigenvalue weighted by molar-refractivity contribution is 7.89. The van der Waals surface area contributed by atoms with Crippen molar-refractivity contribution in [2.75, 3.05) is 18.8 Å². The first-order valence-corrected chi connectivity index (χ1v) is 6.80. The third kappa shape index (κ3) is 2.49. The summed E-state index contributed by atoms with van der Waals surface area (Å²) >= 11 is 0. The Morgan fingerprint density at radius 2 is 2.00 bits per heavy atom. The van der Waals surface area contributed by atoms with E-state index in [2.05, 4.69) is 0 Å². The number of hydrogen-bond donors (Lipinski definition) is 1. The quantitative estimate of drug-likeness (QED) is 0.749. The molecule has 0 bridgehead atoms. The second kappa shape index (κ2) is 3.75. The lowest BCUT2D eigenvalue weighted by molar-refractivity contribution is -0.141. The fourth-order valence-corrected chi connectivity index (χ4v) is 3.80. The molecule has 1 atom stereocenters. The van der Waals surface area contributed by atoms with Crippen molar-refractivity contribution in [2.24, 2.45) is 11.8 Å². The number of carboxylic acids is 1. The molecule has 15 heavy (non-hydrogen) atoms. The first-order valence-electron chi connectivity index (χ1n) is 5.19. The largest absolute Gasteiger partial charge is 0.481 e. The molecule has 1 aliphatic carbocycles. The van der Waals surface area contributed by atoms with Gasteiger partial charge in [-0.3, -0.25) is 4.79 Å². The molecular weight excluding hydrogens is 218 g/mol. The van der Waals surface area contributed by atoms with Crippen LogP contribution in [0.4, 0.5) is 0 Å². The molecule has 2 rings (SSSR count). The van der Waals surface area contributed by atoms with Crippen molar-refractivity contribution in [1.29, 1.82) is 0 Å². The summed E-state index contributed by atoms with van der Waals surface area (Å²) in [6.07, 6.45) is 2.43. The fraction of sp³-hybridized carbons (Fsp3) is 0.889. The Kier molecular flexibility index (Phi) is 2.72. The van der Waals surface area contributed by atoms with Crippen molar-refractivity contribution in [3.05, 3.63) is 0 Å². The predicted octanol–water partition coefficient (Wildman–Crippen LogP) is 0.133. The number of rotatable bonds is 4. The molecule has 0 spiro atoms. The fourth-order valence-electron chi connectivity index (χ4n) is 1.87. The van der Waals surface area contributed by atoms with E-state index in [1.165, 1.54) is 4.31 Å². The van der Waals surface area contributed by atoms with Crippen LogP contribution in [0.25, 0.3) is 0 Å². The standard InChI is InChI=1S/C9H15NO4S/c11-9(12)8-3-4-10(5-8)15(13,14)6-7-1-2-7/h7-8H,1-6H2,(H,11,12). The minimum absolute atomic E-state index is 0.157. The van der Waals surface area contributed by atoms with E-state index >= 15 is 0 Å². The van der Waals surface area contributed by atoms with Gasteiger partial charge in [0.2, 0.25) is 10.0 Å². The van der Waals surface area contributed by atoms with Crippen molar-refractivity contribution >= 4 is 16.0 Å². The molecule has 1 N–H and O–H groups in total. The molecule has 2 fully saturated rings. The Bertz CT molecular complexity index is 360. The maximum atomic E-state index is 11.8. The average Bonchev–Trinajstić information content (AvgIpc) is 2.80. The van der Waals surface area contributed by atoms with E-state index in [1.807, 2.05) is 0 Å². The molecule has 6 heteroatoms. The van der Waals surface area contributed by atoms with Gasteiger partial charge in [-0.2, -0.15) is 0 Å². The molecule has 2 aliphatic rings. The number of sulfonamides is 1. The molecule has 1 saturated heterocycles. The molecule has 0 aromatic carbocycles. The van der Waals surface area contributed by atoms with Gasteiger partial charge in [-0.15, -0.1) is 0 Å². The van der Waals surface area contributed by atoms with Crippen molar-refractivity contribution < 1.29 is 18.3 Å². The van der Waals surface area contributed by atoms with E-state index in [0.29, 0.717) is 18.9 Å². The van der Waals surface area contributed by atoms with Crippen molar-refractivity contribution in [1.82, 2.24) is 4.31 Å². The summed E-state index contributed by atoms with van der Waals surface area (Å²) in [5.74, 6) is -0.878. The smallest absolute Gasteiger partial charge is 0.307 e. The molecule has 1 saturated carbocycles. The summed E-state index contributed by atoms with van der Waals surface area (Å²) in [6, 6.07) is 0. The summed E-state index contributed by atoms with van der Waals surface area (Å²) in [5, 5.41) is 8.77. The number of nitrogens with zero attached hydrogens (tertiary/aromatic N) is 1. The van der Waals surface area contributed by atoms with Gasteiger partial charge in [0.15, 0.2) is 0 Å². The normalized spacial score (nSPS) is 28.1. The third-order valence-electron chi connectivity index (χ3n) is 3.04. The van der Waals surface area contributed by atoms with Crippen LogP contribution in [0.15, 0.2) is 0 Å². The van der Waals surface area contributed by atoms with Gasteiger partial charge in [0.1, 0.15) is 0 Å². The van der Waals surface area contributed by atoms with E-state index in [9.17, 15) is 13.2 Å². The Hall–Kier alpha value is -0.620. The van der Waals surface area contributed by atoms with Gasteiger partial charge in [0, 0.05) is 13.1 Å². The highest BCUT2D eigenvalue weighted by Gasteiger charge is 2.37. The van der Waals surface area contributed by atoms with Gasteiger partial charge in [-0.05, 0) is 25.2 Å². The molecule has 86 valence electrons. The van der Waals surface area contributed by atoms with Crippen LogP contribution in [0.3, 0.4) is 0 Å². The van der Waals surface area contributed by atoms with Gasteiger partial charge in [0.25, 0.3) is 0 Å². The highest BCUT2D eigenvalue weighted by atomic mass is 32.2. The Labute approximate surface area is 89.1 Å². The zero-order valence-electron chi connectivity index (χ0n) is 8.42. The first-order chi connectivity index (χ1) is 6.99. The molecule has 0 aromatic heterocycles. The van der Waals surface area contributed by atoms with E-state index in [4.69, 9.17) is 5.11 Å². The lowest BCUT2D eigenvalue weighted by Crippen LogP contribution is -2.32. The minimum Gasteiger partial charge on any atom is -0.481 e. The summed E-state index contributed by atoms with van der Waals surface area (Å²) < 4.78 is 24.9. The molecule has 0 amide bonds. The molecule has 0 radical (unpaired) electrons. The summed E-state index contributed by atoms with van der Waals surface area (Å²) in [6.45, 7) is 0.524. The summed E-state index contributed by atoms with van der Waals surface area (Å²) in [4.78, 5) is 10.7. The second-order valence-electron chi connectivity index (χ2n) is 4.40. The van der Waals surface area contributed by atoms with E-state index < -0.39 is 21.9 Å². The van der Waals surface area contributed by atoms with Crippen LogP contribution >= 0.6 is 0 Å². The number of carboxylic acid groups (broad SMARTS) is 1. The zero-order valence-corrected chi connectivity index (χ0v) is 9.24. The van der Waals surface area contributed by atoms with Crippen LogP contribution in [0, 0.1) is 11.8 Å². The van der Waals surface area contributed by atoms with Crippen LogP contribution in [-0.4, -0.2) is 42.6 Å². The van der Waals surface area contributed by atoms with Gasteiger partial charge in [0.05, 0.1) is 11.7 Å². The average molecular weight is 233 g/mol. The lowest BCUT2D eigenvalue weighted by Gasteiger charge is -2.15. The molecule has 1 aliphatic heterocycles. The molecule has 0 aromatic rings. The highest BCUT2D eigenvalue weighted by Crippen LogP contribution is 2.32. The van der Waals surface area contributed by atoms with Gasteiger partial charge < -0.3 is 5.11 Å². The summed E-state index contributed by atoms with van der Waals surface area (Å²) in [5.41, 5.74) is 0.